The number of rotatable bonds is 10. The Morgan fingerprint density at radius 2 is 1.06 bits per heavy atom. The van der Waals surface area contributed by atoms with Gasteiger partial charge in [0.2, 0.25) is 0 Å². The molecule has 1 fully saturated rings. The van der Waals surface area contributed by atoms with Crippen molar-refractivity contribution in [2.45, 2.75) is 327 Å². The first kappa shape index (κ1) is 88.7. The number of carbonyl (C=O) groups is 1. The summed E-state index contributed by atoms with van der Waals surface area (Å²) in [5.41, 5.74) is 6.49. The number of aliphatic hydroxyl groups is 18. The van der Waals surface area contributed by atoms with E-state index in [9.17, 15) is 96.7 Å². The molecule has 95 heavy (non-hydrogen) atoms. The Labute approximate surface area is 567 Å². The van der Waals surface area contributed by atoms with E-state index in [1.165, 1.54) is 19.1 Å². The van der Waals surface area contributed by atoms with Gasteiger partial charge >= 0.3 is 5.97 Å². The number of cyclic esters (lactones) is 1. The highest BCUT2D eigenvalue weighted by molar-refractivity contribution is 5.69. The Morgan fingerprint density at radius 3 is 1.67 bits per heavy atom. The number of carbonyl (C=O) groups excluding carboxylic acids is 1. The molecule has 558 valence electrons. The lowest BCUT2D eigenvalue weighted by atomic mass is 9.81. The van der Waals surface area contributed by atoms with Gasteiger partial charge < -0.3 is 112 Å². The van der Waals surface area contributed by atoms with E-state index in [1.807, 2.05) is 26.0 Å². The minimum atomic E-state index is -1.87. The Balaban J connectivity index is 2.44. The molecule has 0 saturated carbocycles. The fourth-order valence-corrected chi connectivity index (χ4v) is 13.2. The summed E-state index contributed by atoms with van der Waals surface area (Å²) < 4.78 is 17.8. The van der Waals surface area contributed by atoms with Crippen LogP contribution < -0.4 is 5.73 Å². The van der Waals surface area contributed by atoms with Crippen LogP contribution in [0.3, 0.4) is 0 Å². The predicted octanol–water partition coefficient (Wildman–Crippen LogP) is 3.50. The number of esters is 1. The molecular formula is C72H133NO22. The SMILES string of the molecule is C/C1=C\C(C)C(O)/C(C)=C/C(O[C@H]2OC(CO)[C@@H](O)[C@H](O)[C@@H]2O)C(O)C(C)C(O)CC(O)/C=C/C(C)C(O)C(C)CCC(O)CC(O)C(C)C(O)C(C)C(O)CC(O)CC(O)C(C)C(C(C)CCCCCCN)OC(=O)CCCCCC(O)C(C)C(O)CC/C=C/C(C)C1O. The number of hydrogen-bond acceptors (Lipinski definition) is 23. The van der Waals surface area contributed by atoms with Crippen molar-refractivity contribution in [1.82, 2.24) is 0 Å². The molecule has 0 spiro atoms. The summed E-state index contributed by atoms with van der Waals surface area (Å²) in [5, 5.41) is 200. The van der Waals surface area contributed by atoms with Crippen molar-refractivity contribution in [2.75, 3.05) is 13.2 Å². The maximum absolute atomic E-state index is 13.5. The molecule has 2 aliphatic rings. The number of allylic oxidation sites excluding steroid dienone is 1. The number of aliphatic hydroxyl groups excluding tert-OH is 18. The van der Waals surface area contributed by atoms with Crippen LogP contribution in [0.4, 0.5) is 0 Å². The number of ether oxygens (including phenoxy) is 3. The lowest BCUT2D eigenvalue weighted by molar-refractivity contribution is -0.314. The smallest absolute Gasteiger partial charge is 0.306 e. The first-order valence-electron chi connectivity index (χ1n) is 35.6. The molecule has 0 bridgehead atoms. The van der Waals surface area contributed by atoms with Crippen LogP contribution in [0.5, 0.6) is 0 Å². The standard InChI is InChI=1S/C72H133NO22/c1-39-22-19-20-25-55(79)46(8)54(78)24-17-15-18-26-62(84)95-71(42(4)23-16-13-14-21-31-73)50(12)59(83)37-53(77)36-58(82)48(10)66(88)47(9)56(80)34-51(75)29-27-40(2)63(85)41(3)28-30-52(76)35-57(81)49(11)67(89)60(33-45(7)65(87)44(6)32-43(5)64(39)86)93-72-70(92)69(91)68(90)61(38-74)94-72/h19,22,28,30,32-33,39-42,44,46-61,63-72,74-83,85-92H,13-18,20-21,23-27,29,31,34-38,73H2,1-12H3/b22-19+,30-28+,43-32+,45-33+/t39?,40?,41?,42?,44?,46?,47?,48?,49?,50?,51?,52?,53?,54?,55?,56?,57?,58?,59?,60?,61?,63?,64?,65?,66?,67?,68-,69+,70+,71?,72+/m1/s1. The Kier molecular flexibility index (Phi) is 42.4. The molecule has 0 aliphatic carbocycles. The molecule has 23 heteroatoms. The van der Waals surface area contributed by atoms with E-state index in [4.69, 9.17) is 19.9 Å². The topological polar surface area (TPSA) is 435 Å². The van der Waals surface area contributed by atoms with Crippen LogP contribution in [0.15, 0.2) is 47.6 Å². The summed E-state index contributed by atoms with van der Waals surface area (Å²) >= 11 is 0. The van der Waals surface area contributed by atoms with Crippen LogP contribution in [-0.4, -0.2) is 239 Å². The fourth-order valence-electron chi connectivity index (χ4n) is 13.2. The first-order chi connectivity index (χ1) is 44.5. The van der Waals surface area contributed by atoms with E-state index in [-0.39, 0.29) is 55.9 Å². The van der Waals surface area contributed by atoms with E-state index in [2.05, 4.69) is 0 Å². The van der Waals surface area contributed by atoms with Crippen LogP contribution in [0.2, 0.25) is 0 Å². The van der Waals surface area contributed by atoms with E-state index >= 15 is 0 Å². The first-order valence-corrected chi connectivity index (χ1v) is 35.6. The third-order valence-corrected chi connectivity index (χ3v) is 20.8. The highest BCUT2D eigenvalue weighted by Gasteiger charge is 2.46. The summed E-state index contributed by atoms with van der Waals surface area (Å²) in [6, 6.07) is 0. The Hall–Kier alpha value is -2.41. The molecular weight excluding hydrogens is 1230 g/mol. The largest absolute Gasteiger partial charge is 0.462 e. The Bertz CT molecular complexity index is 2190. The second kappa shape index (κ2) is 45.5. The van der Waals surface area contributed by atoms with Crippen molar-refractivity contribution in [2.24, 2.45) is 64.9 Å². The van der Waals surface area contributed by atoms with Gasteiger partial charge in [0.25, 0.3) is 0 Å². The van der Waals surface area contributed by atoms with E-state index in [0.717, 1.165) is 32.1 Å². The average molecular weight is 1360 g/mol. The van der Waals surface area contributed by atoms with E-state index in [1.54, 1.807) is 74.5 Å². The molecule has 0 aromatic heterocycles. The normalized spacial score (nSPS) is 44.3. The lowest BCUT2D eigenvalue weighted by Crippen LogP contribution is -2.60. The van der Waals surface area contributed by atoms with Gasteiger partial charge in [-0.25, -0.2) is 0 Å². The van der Waals surface area contributed by atoms with Crippen molar-refractivity contribution < 1.29 is 111 Å². The van der Waals surface area contributed by atoms with Crippen LogP contribution in [-0.2, 0) is 19.0 Å². The maximum atomic E-state index is 13.5. The maximum Gasteiger partial charge on any atom is 0.306 e. The van der Waals surface area contributed by atoms with Gasteiger partial charge in [-0.05, 0) is 114 Å². The molecule has 20 N–H and O–H groups in total. The molecule has 2 heterocycles. The van der Waals surface area contributed by atoms with Crippen molar-refractivity contribution in [3.63, 3.8) is 0 Å². The molecule has 0 aromatic rings. The van der Waals surface area contributed by atoms with Crippen molar-refractivity contribution in [3.05, 3.63) is 47.6 Å². The second-order valence-corrected chi connectivity index (χ2v) is 29.0. The third kappa shape index (κ3) is 30.4. The van der Waals surface area contributed by atoms with Crippen molar-refractivity contribution in [3.8, 4) is 0 Å². The molecule has 2 rings (SSSR count). The quantitative estimate of drug-likeness (QED) is 0.0845. The summed E-state index contributed by atoms with van der Waals surface area (Å²) in [5.74, 6) is -6.35. The van der Waals surface area contributed by atoms with Crippen molar-refractivity contribution in [1.29, 1.82) is 0 Å². The molecule has 2 aliphatic heterocycles. The Morgan fingerprint density at radius 1 is 0.516 bits per heavy atom. The molecule has 0 aromatic carbocycles. The van der Waals surface area contributed by atoms with E-state index in [0.29, 0.717) is 57.1 Å². The number of hydrogen-bond donors (Lipinski definition) is 19. The monoisotopic (exact) mass is 1360 g/mol. The molecule has 31 atom stereocenters. The molecule has 0 amide bonds. The number of nitrogens with two attached hydrogens (primary N) is 1. The third-order valence-electron chi connectivity index (χ3n) is 20.8. The summed E-state index contributed by atoms with van der Waals surface area (Å²) in [6.45, 7) is 20.3. The van der Waals surface area contributed by atoms with Gasteiger partial charge in [0.05, 0.1) is 92.1 Å². The highest BCUT2D eigenvalue weighted by Crippen LogP contribution is 2.33. The van der Waals surface area contributed by atoms with Gasteiger partial charge in [0, 0.05) is 60.2 Å². The lowest BCUT2D eigenvalue weighted by Gasteiger charge is -2.41. The summed E-state index contributed by atoms with van der Waals surface area (Å²) in [7, 11) is 0. The zero-order chi connectivity index (χ0) is 72.1. The minimum Gasteiger partial charge on any atom is -0.462 e. The molecule has 0 radical (unpaired) electrons. The van der Waals surface area contributed by atoms with Gasteiger partial charge in [-0.1, -0.05) is 138 Å². The van der Waals surface area contributed by atoms with Gasteiger partial charge in [-0.2, -0.15) is 0 Å². The zero-order valence-electron chi connectivity index (χ0n) is 59.3. The molecule has 27 unspecified atom stereocenters. The predicted molar refractivity (Wildman–Crippen MR) is 362 cm³/mol. The van der Waals surface area contributed by atoms with Crippen LogP contribution in [0.25, 0.3) is 0 Å². The van der Waals surface area contributed by atoms with Crippen molar-refractivity contribution >= 4 is 5.97 Å². The average Bonchev–Trinajstić information content (AvgIpc) is 0.820. The van der Waals surface area contributed by atoms with Crippen LogP contribution >= 0.6 is 0 Å². The van der Waals surface area contributed by atoms with Gasteiger partial charge in [-0.15, -0.1) is 0 Å². The summed E-state index contributed by atoms with van der Waals surface area (Å²) in [6.07, 6.45) is -10.2. The molecule has 23 nitrogen and oxygen atoms in total. The zero-order valence-corrected chi connectivity index (χ0v) is 59.3. The van der Waals surface area contributed by atoms with Gasteiger partial charge in [-0.3, -0.25) is 4.79 Å². The van der Waals surface area contributed by atoms with Gasteiger partial charge in [0.15, 0.2) is 6.29 Å². The van der Waals surface area contributed by atoms with E-state index < -0.39 is 188 Å². The second-order valence-electron chi connectivity index (χ2n) is 29.0. The number of unbranched alkanes of at least 4 members (excludes halogenated alkanes) is 3. The van der Waals surface area contributed by atoms with Crippen LogP contribution in [0, 0.1) is 59.2 Å². The summed E-state index contributed by atoms with van der Waals surface area (Å²) in [4.78, 5) is 13.5. The highest BCUT2D eigenvalue weighted by atomic mass is 16.7. The molecule has 1 saturated heterocycles. The van der Waals surface area contributed by atoms with Crippen LogP contribution in [0.1, 0.15) is 199 Å². The minimum absolute atomic E-state index is 0.104. The van der Waals surface area contributed by atoms with Gasteiger partial charge in [0.1, 0.15) is 36.6 Å². The fraction of sp³-hybridized carbons (Fsp3) is 0.875.